The van der Waals surface area contributed by atoms with Gasteiger partial charge in [-0.2, -0.15) is 4.99 Å². The Morgan fingerprint density at radius 3 is 2.61 bits per heavy atom. The Balaban J connectivity index is 2.02. The zero-order valence-corrected chi connectivity index (χ0v) is 20.9. The highest BCUT2D eigenvalue weighted by Crippen LogP contribution is 2.26. The summed E-state index contributed by atoms with van der Waals surface area (Å²) in [7, 11) is 1.27. The van der Waals surface area contributed by atoms with Crippen LogP contribution >= 0.6 is 0 Å². The standard InChI is InChI=1S/C24H30F3N5O6/c1-17-7-8-18(14-29-17)15-30-21(23(34)28-9-4-10-33)22(32(2)35)31-16-36-11-12-37-19-5-3-6-20(13-19)38-24(25,26)27/h3,5-8,13-14,16,30,33,35H,4,9-12,15H2,1-2H3,(H,28,34)/b22-21+,31-16?. The molecule has 2 aromatic rings. The minimum atomic E-state index is -4.82. The molecule has 38 heavy (non-hydrogen) atoms. The van der Waals surface area contributed by atoms with Crippen LogP contribution in [-0.2, 0) is 16.1 Å². The molecule has 2 rings (SSSR count). The molecule has 0 aliphatic carbocycles. The van der Waals surface area contributed by atoms with Gasteiger partial charge in [0, 0.05) is 44.7 Å². The molecular formula is C24H30F3N5O6. The lowest BCUT2D eigenvalue weighted by molar-refractivity contribution is -0.274. The van der Waals surface area contributed by atoms with Gasteiger partial charge in [0.1, 0.15) is 30.4 Å². The van der Waals surface area contributed by atoms with E-state index in [-0.39, 0.29) is 50.2 Å². The third-order valence-electron chi connectivity index (χ3n) is 4.58. The summed E-state index contributed by atoms with van der Waals surface area (Å²) in [5.74, 6) is -1.02. The number of hydroxylamine groups is 2. The Kier molecular flexibility index (Phi) is 12.1. The molecule has 0 saturated heterocycles. The van der Waals surface area contributed by atoms with Crippen LogP contribution in [0.5, 0.6) is 11.5 Å². The topological polar surface area (TPSA) is 138 Å². The molecule has 14 heteroatoms. The van der Waals surface area contributed by atoms with E-state index in [0.717, 1.165) is 29.8 Å². The average Bonchev–Trinajstić information content (AvgIpc) is 2.85. The van der Waals surface area contributed by atoms with Crippen molar-refractivity contribution in [2.45, 2.75) is 26.3 Å². The summed E-state index contributed by atoms with van der Waals surface area (Å²) in [6.45, 7) is 2.05. The molecule has 0 unspecified atom stereocenters. The maximum atomic E-state index is 12.8. The van der Waals surface area contributed by atoms with Gasteiger partial charge >= 0.3 is 6.36 Å². The minimum Gasteiger partial charge on any atom is -0.490 e. The van der Waals surface area contributed by atoms with E-state index in [9.17, 15) is 23.2 Å². The summed E-state index contributed by atoms with van der Waals surface area (Å²) in [6.07, 6.45) is -1.85. The Bertz CT molecular complexity index is 1080. The van der Waals surface area contributed by atoms with Crippen LogP contribution in [0.15, 0.2) is 59.1 Å². The number of carbonyl (C=O) groups is 1. The number of rotatable bonds is 15. The molecule has 1 amide bonds. The lowest BCUT2D eigenvalue weighted by atomic mass is 10.2. The predicted octanol–water partition coefficient (Wildman–Crippen LogP) is 2.49. The van der Waals surface area contributed by atoms with Gasteiger partial charge in [0.2, 0.25) is 0 Å². The summed E-state index contributed by atoms with van der Waals surface area (Å²) < 4.78 is 51.5. The molecule has 0 atom stereocenters. The number of halogens is 3. The van der Waals surface area contributed by atoms with Crippen LogP contribution in [0.4, 0.5) is 13.2 Å². The van der Waals surface area contributed by atoms with Gasteiger partial charge < -0.3 is 30.0 Å². The van der Waals surface area contributed by atoms with Crippen molar-refractivity contribution in [1.82, 2.24) is 20.7 Å². The Morgan fingerprint density at radius 1 is 1.18 bits per heavy atom. The first-order valence-electron chi connectivity index (χ1n) is 11.4. The number of carbonyl (C=O) groups excluding carboxylic acids is 1. The largest absolute Gasteiger partial charge is 0.573 e. The number of amides is 1. The number of nitrogens with zero attached hydrogens (tertiary/aromatic N) is 3. The van der Waals surface area contributed by atoms with Gasteiger partial charge in [0.05, 0.1) is 0 Å². The van der Waals surface area contributed by atoms with Gasteiger partial charge in [-0.15, -0.1) is 13.2 Å². The molecule has 0 fully saturated rings. The van der Waals surface area contributed by atoms with Crippen molar-refractivity contribution < 1.29 is 42.5 Å². The number of aliphatic imine (C=N–C) groups is 1. The number of ether oxygens (including phenoxy) is 3. The maximum Gasteiger partial charge on any atom is 0.573 e. The quantitative estimate of drug-likeness (QED) is 0.0881. The van der Waals surface area contributed by atoms with Gasteiger partial charge in [-0.1, -0.05) is 12.1 Å². The molecule has 4 N–H and O–H groups in total. The fourth-order valence-electron chi connectivity index (χ4n) is 2.84. The van der Waals surface area contributed by atoms with Gasteiger partial charge in [-0.25, -0.2) is 5.06 Å². The van der Waals surface area contributed by atoms with E-state index in [2.05, 4.69) is 25.3 Å². The molecular weight excluding hydrogens is 511 g/mol. The first kappa shape index (κ1) is 30.2. The van der Waals surface area contributed by atoms with Gasteiger partial charge in [-0.3, -0.25) is 15.0 Å². The highest BCUT2D eigenvalue weighted by molar-refractivity contribution is 5.93. The van der Waals surface area contributed by atoms with Crippen LogP contribution < -0.4 is 20.1 Å². The van der Waals surface area contributed by atoms with Crippen LogP contribution in [0, 0.1) is 6.92 Å². The Hall–Kier alpha value is -4.04. The second-order valence-corrected chi connectivity index (χ2v) is 7.69. The number of nitrogens with one attached hydrogen (secondary N) is 2. The van der Waals surface area contributed by atoms with E-state index < -0.39 is 18.0 Å². The second kappa shape index (κ2) is 15.3. The lowest BCUT2D eigenvalue weighted by Crippen LogP contribution is -2.35. The fourth-order valence-corrected chi connectivity index (χ4v) is 2.84. The molecule has 0 aliphatic heterocycles. The third-order valence-corrected chi connectivity index (χ3v) is 4.58. The van der Waals surface area contributed by atoms with Gasteiger partial charge in [0.15, 0.2) is 12.2 Å². The smallest absolute Gasteiger partial charge is 0.490 e. The highest BCUT2D eigenvalue weighted by Gasteiger charge is 2.31. The molecule has 11 nitrogen and oxygen atoms in total. The van der Waals surface area contributed by atoms with Crippen molar-refractivity contribution in [3.8, 4) is 11.5 Å². The van der Waals surface area contributed by atoms with Crippen molar-refractivity contribution in [1.29, 1.82) is 0 Å². The van der Waals surface area contributed by atoms with Crippen LogP contribution in [0.1, 0.15) is 17.7 Å². The number of aliphatic hydroxyl groups is 1. The number of aliphatic hydroxyl groups excluding tert-OH is 1. The van der Waals surface area contributed by atoms with Crippen molar-refractivity contribution in [3.63, 3.8) is 0 Å². The summed E-state index contributed by atoms with van der Waals surface area (Å²) in [5, 5.41) is 25.3. The number of hydrogen-bond donors (Lipinski definition) is 4. The SMILES string of the molecule is Cc1ccc(CN/C(C(=O)NCCCO)=C(\N=COCCOc2cccc(OC(F)(F)F)c2)N(C)O)cn1. The van der Waals surface area contributed by atoms with E-state index in [1.807, 2.05) is 19.1 Å². The van der Waals surface area contributed by atoms with Crippen molar-refractivity contribution in [3.05, 3.63) is 65.4 Å². The number of hydrogen-bond acceptors (Lipinski definition) is 10. The highest BCUT2D eigenvalue weighted by atomic mass is 19.4. The van der Waals surface area contributed by atoms with Crippen molar-refractivity contribution >= 4 is 12.3 Å². The Labute approximate surface area is 217 Å². The van der Waals surface area contributed by atoms with E-state index in [4.69, 9.17) is 14.6 Å². The van der Waals surface area contributed by atoms with Crippen LogP contribution in [0.25, 0.3) is 0 Å². The minimum absolute atomic E-state index is 0.0390. The summed E-state index contributed by atoms with van der Waals surface area (Å²) in [6, 6.07) is 8.67. The number of aryl methyl sites for hydroxylation is 1. The predicted molar refractivity (Wildman–Crippen MR) is 130 cm³/mol. The van der Waals surface area contributed by atoms with Crippen LogP contribution in [0.3, 0.4) is 0 Å². The first-order chi connectivity index (χ1) is 18.1. The second-order valence-electron chi connectivity index (χ2n) is 7.69. The molecule has 0 radical (unpaired) electrons. The van der Waals surface area contributed by atoms with Crippen molar-refractivity contribution in [2.24, 2.45) is 4.99 Å². The number of pyridine rings is 1. The Morgan fingerprint density at radius 2 is 1.95 bits per heavy atom. The number of benzene rings is 1. The zero-order chi connectivity index (χ0) is 28.0. The molecule has 1 aromatic carbocycles. The molecule has 208 valence electrons. The van der Waals surface area contributed by atoms with Crippen LogP contribution in [0.2, 0.25) is 0 Å². The van der Waals surface area contributed by atoms with E-state index in [0.29, 0.717) is 11.5 Å². The van der Waals surface area contributed by atoms with Gasteiger partial charge in [0.25, 0.3) is 5.91 Å². The van der Waals surface area contributed by atoms with E-state index >= 15 is 0 Å². The van der Waals surface area contributed by atoms with E-state index in [1.165, 1.54) is 19.2 Å². The first-order valence-corrected chi connectivity index (χ1v) is 11.4. The third kappa shape index (κ3) is 11.3. The van der Waals surface area contributed by atoms with Crippen molar-refractivity contribution in [2.75, 3.05) is 33.4 Å². The average molecular weight is 542 g/mol. The molecule has 1 heterocycles. The zero-order valence-electron chi connectivity index (χ0n) is 20.9. The normalized spacial score (nSPS) is 12.1. The fraction of sp³-hybridized carbons (Fsp3) is 0.375. The maximum absolute atomic E-state index is 12.8. The van der Waals surface area contributed by atoms with Gasteiger partial charge in [-0.05, 0) is 37.1 Å². The molecule has 1 aromatic heterocycles. The summed E-state index contributed by atoms with van der Waals surface area (Å²) >= 11 is 0. The monoisotopic (exact) mass is 541 g/mol. The summed E-state index contributed by atoms with van der Waals surface area (Å²) in [5.41, 5.74) is 1.54. The van der Waals surface area contributed by atoms with E-state index in [1.54, 1.807) is 6.20 Å². The molecule has 0 aliphatic rings. The number of aromatic nitrogens is 1. The lowest BCUT2D eigenvalue weighted by Gasteiger charge is -2.18. The summed E-state index contributed by atoms with van der Waals surface area (Å²) in [4.78, 5) is 21.0. The molecule has 0 spiro atoms. The molecule has 0 saturated carbocycles. The van der Waals surface area contributed by atoms with Crippen LogP contribution in [-0.4, -0.2) is 72.4 Å². The number of alkyl halides is 3. The molecule has 0 bridgehead atoms.